The minimum atomic E-state index is -0.428. The number of H-pyrrole nitrogens is 1. The van der Waals surface area contributed by atoms with Crippen LogP contribution in [0.25, 0.3) is 0 Å². The third-order valence-electron chi connectivity index (χ3n) is 2.56. The number of rotatable bonds is 3. The van der Waals surface area contributed by atoms with Crippen molar-refractivity contribution in [1.29, 1.82) is 0 Å². The van der Waals surface area contributed by atoms with Crippen molar-refractivity contribution in [2.24, 2.45) is 0 Å². The zero-order chi connectivity index (χ0) is 12.3. The molecule has 92 valence electrons. The number of ether oxygens (including phenoxy) is 1. The second-order valence-electron chi connectivity index (χ2n) is 3.72. The number of aromatic amines is 1. The molecule has 0 aliphatic carbocycles. The first-order chi connectivity index (χ1) is 8.22. The Morgan fingerprint density at radius 2 is 2.41 bits per heavy atom. The molecule has 1 saturated heterocycles. The van der Waals surface area contributed by atoms with Crippen LogP contribution in [0.3, 0.4) is 0 Å². The summed E-state index contributed by atoms with van der Waals surface area (Å²) in [5.41, 5.74) is 0.531. The average Bonchev–Trinajstić information content (AvgIpc) is 2.98. The van der Waals surface area contributed by atoms with Crippen LogP contribution in [-0.2, 0) is 9.53 Å². The summed E-state index contributed by atoms with van der Waals surface area (Å²) in [4.78, 5) is 23.2. The van der Waals surface area contributed by atoms with E-state index in [9.17, 15) is 9.59 Å². The van der Waals surface area contributed by atoms with Crippen molar-refractivity contribution in [3.8, 4) is 0 Å². The number of amides is 2. The molecule has 2 heterocycles. The van der Waals surface area contributed by atoms with Crippen LogP contribution in [-0.4, -0.2) is 41.8 Å². The van der Waals surface area contributed by atoms with Gasteiger partial charge in [0.05, 0.1) is 5.69 Å². The zero-order valence-corrected chi connectivity index (χ0v) is 9.45. The fourth-order valence-electron chi connectivity index (χ4n) is 1.67. The topological polar surface area (TPSA) is 96.1 Å². The van der Waals surface area contributed by atoms with Gasteiger partial charge in [-0.25, -0.2) is 0 Å². The van der Waals surface area contributed by atoms with E-state index in [-0.39, 0.29) is 17.5 Å². The molecule has 0 spiro atoms. The smallest absolute Gasteiger partial charge is 0.273 e. The summed E-state index contributed by atoms with van der Waals surface area (Å²) < 4.78 is 5.25. The van der Waals surface area contributed by atoms with Crippen molar-refractivity contribution in [1.82, 2.24) is 15.5 Å². The monoisotopic (exact) mass is 238 g/mol. The summed E-state index contributed by atoms with van der Waals surface area (Å²) in [6.07, 6.45) is 2.63. The number of aromatic nitrogens is 2. The average molecular weight is 238 g/mol. The number of nitrogens with one attached hydrogen (secondary N) is 3. The van der Waals surface area contributed by atoms with E-state index in [2.05, 4.69) is 20.8 Å². The molecule has 1 aliphatic heterocycles. The lowest BCUT2D eigenvalue weighted by Crippen LogP contribution is -2.28. The maximum atomic E-state index is 11.8. The van der Waals surface area contributed by atoms with Gasteiger partial charge in [-0.15, -0.1) is 0 Å². The molecule has 1 fully saturated rings. The van der Waals surface area contributed by atoms with Crippen molar-refractivity contribution in [2.75, 3.05) is 19.0 Å². The molecule has 2 rings (SSSR count). The van der Waals surface area contributed by atoms with Crippen LogP contribution in [0.1, 0.15) is 23.3 Å². The maximum absolute atomic E-state index is 11.8. The Bertz CT molecular complexity index is 423. The van der Waals surface area contributed by atoms with E-state index in [0.29, 0.717) is 18.7 Å². The highest BCUT2D eigenvalue weighted by Crippen LogP contribution is 2.16. The number of nitrogens with zero attached hydrogens (tertiary/aromatic N) is 1. The van der Waals surface area contributed by atoms with Gasteiger partial charge in [0.2, 0.25) is 0 Å². The minimum absolute atomic E-state index is 0.166. The van der Waals surface area contributed by atoms with Crippen molar-refractivity contribution >= 4 is 17.5 Å². The van der Waals surface area contributed by atoms with Gasteiger partial charge in [0.15, 0.2) is 5.69 Å². The first-order valence-corrected chi connectivity index (χ1v) is 5.40. The van der Waals surface area contributed by atoms with E-state index in [1.165, 1.54) is 13.2 Å². The molecule has 17 heavy (non-hydrogen) atoms. The van der Waals surface area contributed by atoms with Crippen LogP contribution >= 0.6 is 0 Å². The number of carbonyl (C=O) groups is 2. The van der Waals surface area contributed by atoms with Crippen molar-refractivity contribution in [3.05, 3.63) is 11.9 Å². The lowest BCUT2D eigenvalue weighted by molar-refractivity contribution is -0.124. The van der Waals surface area contributed by atoms with Gasteiger partial charge in [-0.2, -0.15) is 5.10 Å². The largest absolute Gasteiger partial charge is 0.368 e. The van der Waals surface area contributed by atoms with E-state index < -0.39 is 6.10 Å². The minimum Gasteiger partial charge on any atom is -0.368 e. The number of anilines is 1. The lowest BCUT2D eigenvalue weighted by atomic mass is 10.2. The number of hydrogen-bond donors (Lipinski definition) is 3. The molecular weight excluding hydrogens is 224 g/mol. The maximum Gasteiger partial charge on any atom is 0.273 e. The summed E-state index contributed by atoms with van der Waals surface area (Å²) in [7, 11) is 1.50. The Labute approximate surface area is 97.9 Å². The van der Waals surface area contributed by atoms with Gasteiger partial charge >= 0.3 is 0 Å². The molecule has 1 aromatic rings. The van der Waals surface area contributed by atoms with E-state index in [1.807, 2.05) is 0 Å². The van der Waals surface area contributed by atoms with Crippen LogP contribution in [0.15, 0.2) is 6.20 Å². The summed E-state index contributed by atoms with van der Waals surface area (Å²) in [6.45, 7) is 0.603. The van der Waals surface area contributed by atoms with Crippen molar-refractivity contribution < 1.29 is 14.3 Å². The van der Waals surface area contributed by atoms with Crippen LogP contribution in [0.4, 0.5) is 5.69 Å². The van der Waals surface area contributed by atoms with Crippen LogP contribution in [0.5, 0.6) is 0 Å². The second kappa shape index (κ2) is 4.96. The van der Waals surface area contributed by atoms with Gasteiger partial charge in [0.1, 0.15) is 6.10 Å². The molecule has 1 aliphatic rings. The molecule has 1 aromatic heterocycles. The molecule has 2 amide bonds. The van der Waals surface area contributed by atoms with E-state index in [4.69, 9.17) is 4.74 Å². The fourth-order valence-corrected chi connectivity index (χ4v) is 1.67. The zero-order valence-electron chi connectivity index (χ0n) is 9.45. The first-order valence-electron chi connectivity index (χ1n) is 5.40. The standard InChI is InChI=1S/C10H14N4O3/c1-11-10(16)8-6(5-12-14-8)13-9(15)7-3-2-4-17-7/h5,7H,2-4H2,1H3,(H,11,16)(H,12,14)(H,13,15). The molecule has 0 aromatic carbocycles. The Balaban J connectivity index is 2.05. The third kappa shape index (κ3) is 2.44. The number of carbonyl (C=O) groups excluding carboxylic acids is 2. The summed E-state index contributed by atoms with van der Waals surface area (Å²) >= 11 is 0. The highest BCUT2D eigenvalue weighted by Gasteiger charge is 2.25. The lowest BCUT2D eigenvalue weighted by Gasteiger charge is -2.09. The predicted molar refractivity (Wildman–Crippen MR) is 59.6 cm³/mol. The van der Waals surface area contributed by atoms with Crippen LogP contribution in [0.2, 0.25) is 0 Å². The normalized spacial score (nSPS) is 19.0. The van der Waals surface area contributed by atoms with Gasteiger partial charge in [-0.3, -0.25) is 14.7 Å². The van der Waals surface area contributed by atoms with Gasteiger partial charge in [0.25, 0.3) is 11.8 Å². The van der Waals surface area contributed by atoms with Gasteiger partial charge < -0.3 is 15.4 Å². The summed E-state index contributed by atoms with van der Waals surface area (Å²) in [5.74, 6) is -0.594. The quantitative estimate of drug-likeness (QED) is 0.684. The molecule has 7 nitrogen and oxygen atoms in total. The molecule has 3 N–H and O–H groups in total. The Hall–Kier alpha value is -1.89. The molecular formula is C10H14N4O3. The number of hydrogen-bond acceptors (Lipinski definition) is 4. The van der Waals surface area contributed by atoms with Gasteiger partial charge in [0, 0.05) is 19.9 Å². The molecule has 7 heteroatoms. The first kappa shape index (κ1) is 11.6. The van der Waals surface area contributed by atoms with Crippen molar-refractivity contribution in [2.45, 2.75) is 18.9 Å². The summed E-state index contributed by atoms with van der Waals surface area (Å²) in [5, 5.41) is 11.4. The molecule has 1 unspecified atom stereocenters. The Morgan fingerprint density at radius 3 is 3.06 bits per heavy atom. The van der Waals surface area contributed by atoms with Gasteiger partial charge in [-0.1, -0.05) is 0 Å². The van der Waals surface area contributed by atoms with Crippen LogP contribution < -0.4 is 10.6 Å². The SMILES string of the molecule is CNC(=O)c1n[nH]cc1NC(=O)C1CCCO1. The third-order valence-corrected chi connectivity index (χ3v) is 2.56. The predicted octanol–water partition coefficient (Wildman–Crippen LogP) is -0.113. The molecule has 0 radical (unpaired) electrons. The highest BCUT2D eigenvalue weighted by atomic mass is 16.5. The van der Waals surface area contributed by atoms with E-state index >= 15 is 0 Å². The molecule has 1 atom stereocenters. The fraction of sp³-hybridized carbons (Fsp3) is 0.500. The van der Waals surface area contributed by atoms with E-state index in [1.54, 1.807) is 0 Å². The van der Waals surface area contributed by atoms with Crippen molar-refractivity contribution in [3.63, 3.8) is 0 Å². The van der Waals surface area contributed by atoms with Gasteiger partial charge in [-0.05, 0) is 12.8 Å². The highest BCUT2D eigenvalue weighted by molar-refractivity contribution is 6.03. The second-order valence-corrected chi connectivity index (χ2v) is 3.72. The summed E-state index contributed by atoms with van der Waals surface area (Å²) in [6, 6.07) is 0. The molecule has 0 bridgehead atoms. The molecule has 0 saturated carbocycles. The Kier molecular flexibility index (Phi) is 3.38. The van der Waals surface area contributed by atoms with Crippen LogP contribution in [0, 0.1) is 0 Å². The Morgan fingerprint density at radius 1 is 1.59 bits per heavy atom. The van der Waals surface area contributed by atoms with E-state index in [0.717, 1.165) is 6.42 Å².